The molecule has 0 aliphatic heterocycles. The summed E-state index contributed by atoms with van der Waals surface area (Å²) in [6, 6.07) is 0.213. The largest absolute Gasteiger partial charge is 0.476 e. The molecular formula is C10H19N3O2. The third-order valence-electron chi connectivity index (χ3n) is 2.12. The van der Waals surface area contributed by atoms with E-state index in [4.69, 9.17) is 15.6 Å². The molecular weight excluding hydrogens is 194 g/mol. The van der Waals surface area contributed by atoms with Gasteiger partial charge in [-0.1, -0.05) is 0 Å². The van der Waals surface area contributed by atoms with Crippen LogP contribution in [-0.4, -0.2) is 28.1 Å². The van der Waals surface area contributed by atoms with Crippen molar-refractivity contribution in [2.75, 3.05) is 18.9 Å². The topological polar surface area (TPSA) is 73.3 Å². The van der Waals surface area contributed by atoms with Gasteiger partial charge in [-0.15, -0.1) is 0 Å². The molecule has 0 saturated heterocycles. The van der Waals surface area contributed by atoms with Crippen molar-refractivity contribution in [2.45, 2.75) is 33.2 Å². The molecule has 0 bridgehead atoms. The number of nitrogens with zero attached hydrogens (tertiary/aromatic N) is 2. The van der Waals surface area contributed by atoms with E-state index in [-0.39, 0.29) is 12.6 Å². The summed E-state index contributed by atoms with van der Waals surface area (Å²) in [6.45, 7) is 6.47. The summed E-state index contributed by atoms with van der Waals surface area (Å²) in [6.07, 6.45) is 0.599. The molecule has 0 aliphatic carbocycles. The number of aromatic nitrogens is 2. The third-order valence-corrected chi connectivity index (χ3v) is 2.12. The first-order chi connectivity index (χ1) is 7.07. The second-order valence-electron chi connectivity index (χ2n) is 3.77. The highest BCUT2D eigenvalue weighted by Gasteiger charge is 2.15. The highest BCUT2D eigenvalue weighted by Crippen LogP contribution is 2.27. The van der Waals surface area contributed by atoms with Crippen LogP contribution in [0.5, 0.6) is 5.88 Å². The third kappa shape index (κ3) is 2.62. The van der Waals surface area contributed by atoms with Gasteiger partial charge < -0.3 is 15.6 Å². The number of nitrogens with two attached hydrogens (primary N) is 1. The highest BCUT2D eigenvalue weighted by atomic mass is 16.5. The van der Waals surface area contributed by atoms with E-state index >= 15 is 0 Å². The summed E-state index contributed by atoms with van der Waals surface area (Å²) >= 11 is 0. The summed E-state index contributed by atoms with van der Waals surface area (Å²) in [7, 11) is 0. The van der Waals surface area contributed by atoms with E-state index in [1.54, 1.807) is 4.68 Å². The van der Waals surface area contributed by atoms with Crippen LogP contribution >= 0.6 is 0 Å². The van der Waals surface area contributed by atoms with Crippen molar-refractivity contribution in [1.82, 2.24) is 9.78 Å². The molecule has 0 radical (unpaired) electrons. The number of hydrogen-bond donors (Lipinski definition) is 2. The molecule has 1 rings (SSSR count). The molecule has 0 atom stereocenters. The molecule has 15 heavy (non-hydrogen) atoms. The van der Waals surface area contributed by atoms with E-state index in [0.717, 1.165) is 5.69 Å². The predicted octanol–water partition coefficient (Wildman–Crippen LogP) is 1.12. The lowest BCUT2D eigenvalue weighted by molar-refractivity contribution is 0.219. The maximum absolute atomic E-state index is 8.66. The highest BCUT2D eigenvalue weighted by molar-refractivity contribution is 5.52. The van der Waals surface area contributed by atoms with Gasteiger partial charge in [0.1, 0.15) is 5.69 Å². The van der Waals surface area contributed by atoms with Crippen LogP contribution in [0.15, 0.2) is 0 Å². The summed E-state index contributed by atoms with van der Waals surface area (Å²) in [5, 5.41) is 13.0. The Bertz CT molecular complexity index is 321. The molecule has 0 aliphatic rings. The second kappa shape index (κ2) is 5.02. The number of hydrogen-bond acceptors (Lipinski definition) is 4. The van der Waals surface area contributed by atoms with Gasteiger partial charge in [-0.05, 0) is 20.8 Å². The molecule has 0 unspecified atom stereocenters. The Labute approximate surface area is 89.8 Å². The van der Waals surface area contributed by atoms with Gasteiger partial charge in [0, 0.05) is 13.0 Å². The maximum atomic E-state index is 8.66. The maximum Gasteiger partial charge on any atom is 0.236 e. The fourth-order valence-electron chi connectivity index (χ4n) is 1.27. The Morgan fingerprint density at radius 2 is 2.20 bits per heavy atom. The van der Waals surface area contributed by atoms with Crippen LogP contribution in [0.1, 0.15) is 32.0 Å². The number of aliphatic hydroxyl groups is 1. The smallest absolute Gasteiger partial charge is 0.236 e. The number of rotatable bonds is 5. The monoisotopic (exact) mass is 213 g/mol. The molecule has 1 aromatic heterocycles. The SMILES string of the molecule is Cc1nn(C(C)C)c(OCCCO)c1N. The van der Waals surface area contributed by atoms with Crippen LogP contribution in [-0.2, 0) is 0 Å². The molecule has 0 saturated carbocycles. The summed E-state index contributed by atoms with van der Waals surface area (Å²) in [5.41, 5.74) is 7.22. The average molecular weight is 213 g/mol. The Morgan fingerprint density at radius 3 is 2.73 bits per heavy atom. The van der Waals surface area contributed by atoms with Crippen molar-refractivity contribution >= 4 is 5.69 Å². The zero-order chi connectivity index (χ0) is 11.4. The van der Waals surface area contributed by atoms with E-state index in [1.165, 1.54) is 0 Å². The van der Waals surface area contributed by atoms with Crippen molar-refractivity contribution in [2.24, 2.45) is 0 Å². The van der Waals surface area contributed by atoms with Crippen LogP contribution < -0.4 is 10.5 Å². The van der Waals surface area contributed by atoms with Gasteiger partial charge >= 0.3 is 0 Å². The van der Waals surface area contributed by atoms with E-state index in [9.17, 15) is 0 Å². The van der Waals surface area contributed by atoms with Gasteiger partial charge in [0.05, 0.1) is 18.3 Å². The van der Waals surface area contributed by atoms with Crippen LogP contribution in [0.2, 0.25) is 0 Å². The first-order valence-corrected chi connectivity index (χ1v) is 5.16. The summed E-state index contributed by atoms with van der Waals surface area (Å²) in [5.74, 6) is 0.607. The van der Waals surface area contributed by atoms with Gasteiger partial charge in [-0.2, -0.15) is 5.10 Å². The van der Waals surface area contributed by atoms with Crippen molar-refractivity contribution in [1.29, 1.82) is 0 Å². The zero-order valence-electron chi connectivity index (χ0n) is 9.53. The van der Waals surface area contributed by atoms with Crippen molar-refractivity contribution in [3.8, 4) is 5.88 Å². The summed E-state index contributed by atoms with van der Waals surface area (Å²) in [4.78, 5) is 0. The van der Waals surface area contributed by atoms with Crippen LogP contribution in [0.25, 0.3) is 0 Å². The van der Waals surface area contributed by atoms with E-state index in [0.29, 0.717) is 24.6 Å². The number of ether oxygens (including phenoxy) is 1. The fourth-order valence-corrected chi connectivity index (χ4v) is 1.27. The van der Waals surface area contributed by atoms with Crippen LogP contribution in [0.4, 0.5) is 5.69 Å². The number of anilines is 1. The molecule has 86 valence electrons. The normalized spacial score (nSPS) is 11.0. The van der Waals surface area contributed by atoms with Gasteiger partial charge in [0.25, 0.3) is 0 Å². The number of aliphatic hydroxyl groups excluding tert-OH is 1. The first kappa shape index (κ1) is 11.8. The second-order valence-corrected chi connectivity index (χ2v) is 3.77. The van der Waals surface area contributed by atoms with Crippen molar-refractivity contribution in [3.63, 3.8) is 0 Å². The molecule has 0 aromatic carbocycles. The number of nitrogen functional groups attached to an aromatic ring is 1. The minimum Gasteiger partial charge on any atom is -0.476 e. The lowest BCUT2D eigenvalue weighted by Crippen LogP contribution is -2.09. The summed E-state index contributed by atoms with van der Waals surface area (Å²) < 4.78 is 7.27. The molecule has 0 spiro atoms. The standard InChI is InChI=1S/C10H19N3O2/c1-7(2)13-10(15-6-4-5-14)9(11)8(3)12-13/h7,14H,4-6,11H2,1-3H3. The van der Waals surface area contributed by atoms with Crippen molar-refractivity contribution < 1.29 is 9.84 Å². The molecule has 3 N–H and O–H groups in total. The fraction of sp³-hybridized carbons (Fsp3) is 0.700. The predicted molar refractivity (Wildman–Crippen MR) is 59.0 cm³/mol. The van der Waals surface area contributed by atoms with E-state index < -0.39 is 0 Å². The Morgan fingerprint density at radius 1 is 1.53 bits per heavy atom. The molecule has 1 aromatic rings. The Hall–Kier alpha value is -1.23. The average Bonchev–Trinajstić information content (AvgIpc) is 2.46. The number of aryl methyl sites for hydroxylation is 1. The van der Waals surface area contributed by atoms with Crippen LogP contribution in [0, 0.1) is 6.92 Å². The zero-order valence-corrected chi connectivity index (χ0v) is 9.53. The first-order valence-electron chi connectivity index (χ1n) is 5.16. The quantitative estimate of drug-likeness (QED) is 0.719. The van der Waals surface area contributed by atoms with Gasteiger partial charge in [-0.3, -0.25) is 0 Å². The van der Waals surface area contributed by atoms with Gasteiger partial charge in [-0.25, -0.2) is 4.68 Å². The Kier molecular flexibility index (Phi) is 3.96. The molecule has 5 nitrogen and oxygen atoms in total. The molecule has 5 heteroatoms. The van der Waals surface area contributed by atoms with E-state index in [1.807, 2.05) is 20.8 Å². The van der Waals surface area contributed by atoms with E-state index in [2.05, 4.69) is 5.10 Å². The Balaban J connectivity index is 2.83. The van der Waals surface area contributed by atoms with Gasteiger partial charge in [0.2, 0.25) is 5.88 Å². The van der Waals surface area contributed by atoms with Gasteiger partial charge in [0.15, 0.2) is 0 Å². The molecule has 1 heterocycles. The minimum atomic E-state index is 0.120. The molecule has 0 amide bonds. The molecule has 0 fully saturated rings. The lowest BCUT2D eigenvalue weighted by atomic mass is 10.4. The minimum absolute atomic E-state index is 0.120. The van der Waals surface area contributed by atoms with Crippen LogP contribution in [0.3, 0.4) is 0 Å². The van der Waals surface area contributed by atoms with Crippen molar-refractivity contribution in [3.05, 3.63) is 5.69 Å². The lowest BCUT2D eigenvalue weighted by Gasteiger charge is -2.11.